The number of ether oxygens (including phenoxy) is 1. The van der Waals surface area contributed by atoms with Gasteiger partial charge in [0, 0.05) is 5.92 Å². The van der Waals surface area contributed by atoms with Crippen LogP contribution in [0.25, 0.3) is 11.1 Å². The van der Waals surface area contributed by atoms with Crippen molar-refractivity contribution >= 4 is 0 Å². The van der Waals surface area contributed by atoms with E-state index in [1.807, 2.05) is 43.3 Å². The highest BCUT2D eigenvalue weighted by atomic mass is 16.5. The summed E-state index contributed by atoms with van der Waals surface area (Å²) in [5.41, 5.74) is 6.50. The summed E-state index contributed by atoms with van der Waals surface area (Å²) in [6.45, 7) is 3.76. The van der Waals surface area contributed by atoms with Crippen LogP contribution in [0.3, 0.4) is 0 Å². The molecule has 6 atom stereocenters. The molecule has 2 aliphatic carbocycles. The van der Waals surface area contributed by atoms with Gasteiger partial charge in [0.05, 0.1) is 6.61 Å². The quantitative estimate of drug-likeness (QED) is 0.533. The fourth-order valence-corrected chi connectivity index (χ4v) is 4.35. The molecule has 4 N–H and O–H groups in total. The third-order valence-corrected chi connectivity index (χ3v) is 6.24. The van der Waals surface area contributed by atoms with Crippen LogP contribution in [0.15, 0.2) is 60.7 Å². The van der Waals surface area contributed by atoms with E-state index in [2.05, 4.69) is 31.2 Å². The third-order valence-electron chi connectivity index (χ3n) is 6.24. The van der Waals surface area contributed by atoms with E-state index in [4.69, 9.17) is 4.74 Å². The van der Waals surface area contributed by atoms with Gasteiger partial charge in [0.15, 0.2) is 0 Å². The Kier molecular flexibility index (Phi) is 5.91. The number of hydrogen-bond acceptors (Lipinski definition) is 5. The van der Waals surface area contributed by atoms with Crippen molar-refractivity contribution in [2.24, 2.45) is 0 Å². The molecule has 1 aliphatic heterocycles. The maximum atomic E-state index is 10.5. The molecular weight excluding hydrogens is 380 g/mol. The molecule has 1 heterocycles. The number of aliphatic hydroxyl groups excluding tert-OH is 4. The van der Waals surface area contributed by atoms with E-state index in [1.165, 1.54) is 16.7 Å². The van der Waals surface area contributed by atoms with Gasteiger partial charge in [-0.05, 0) is 40.3 Å². The van der Waals surface area contributed by atoms with Crippen molar-refractivity contribution < 1.29 is 25.2 Å². The molecule has 1 aromatic carbocycles. The lowest BCUT2D eigenvalue weighted by Gasteiger charge is -2.40. The molecule has 0 aromatic heterocycles. The minimum Gasteiger partial charge on any atom is -0.394 e. The molecule has 4 rings (SSSR count). The molecule has 3 aliphatic rings. The van der Waals surface area contributed by atoms with Crippen LogP contribution in [0, 0.1) is 6.92 Å². The maximum Gasteiger partial charge on any atom is 0.113 e. The van der Waals surface area contributed by atoms with E-state index in [0.717, 1.165) is 11.1 Å². The molecule has 5 nitrogen and oxygen atoms in total. The SMILES string of the molecule is Cc1ccc(C2OC(CO)C(O)C(O)C2O)cc1C(C)c1cc2cccccc-2c1. The van der Waals surface area contributed by atoms with Crippen LogP contribution in [0.5, 0.6) is 0 Å². The molecule has 5 heteroatoms. The zero-order chi connectivity index (χ0) is 21.4. The van der Waals surface area contributed by atoms with Gasteiger partial charge in [-0.15, -0.1) is 0 Å². The van der Waals surface area contributed by atoms with Crippen LogP contribution < -0.4 is 0 Å². The van der Waals surface area contributed by atoms with Gasteiger partial charge in [-0.1, -0.05) is 67.6 Å². The zero-order valence-corrected chi connectivity index (χ0v) is 17.1. The molecule has 1 aromatic rings. The van der Waals surface area contributed by atoms with Crippen LogP contribution in [-0.4, -0.2) is 51.4 Å². The van der Waals surface area contributed by atoms with Crippen molar-refractivity contribution in [3.8, 4) is 11.1 Å². The van der Waals surface area contributed by atoms with Crippen molar-refractivity contribution in [2.45, 2.75) is 50.3 Å². The second-order valence-corrected chi connectivity index (χ2v) is 8.20. The summed E-state index contributed by atoms with van der Waals surface area (Å²) in [5.74, 6) is 0.118. The van der Waals surface area contributed by atoms with Crippen LogP contribution in [0.2, 0.25) is 0 Å². The number of fused-ring (bicyclic) bond motifs is 1. The van der Waals surface area contributed by atoms with Crippen molar-refractivity contribution in [1.29, 1.82) is 0 Å². The molecule has 1 saturated heterocycles. The van der Waals surface area contributed by atoms with Gasteiger partial charge in [0.25, 0.3) is 0 Å². The largest absolute Gasteiger partial charge is 0.394 e. The Hall–Kier alpha value is -2.28. The minimum absolute atomic E-state index is 0.118. The normalized spacial score (nSPS) is 27.9. The number of hydrogen-bond donors (Lipinski definition) is 4. The average Bonchev–Trinajstić information content (AvgIpc) is 3.03. The predicted molar refractivity (Wildman–Crippen MR) is 114 cm³/mol. The second kappa shape index (κ2) is 8.46. The van der Waals surface area contributed by atoms with E-state index in [0.29, 0.717) is 5.56 Å². The summed E-state index contributed by atoms with van der Waals surface area (Å²) in [5, 5.41) is 40.2. The van der Waals surface area contributed by atoms with Gasteiger partial charge in [-0.2, -0.15) is 0 Å². The van der Waals surface area contributed by atoms with Gasteiger partial charge in [-0.3, -0.25) is 0 Å². The highest BCUT2D eigenvalue weighted by molar-refractivity contribution is 5.69. The first kappa shape index (κ1) is 21.0. The zero-order valence-electron chi connectivity index (χ0n) is 17.1. The summed E-state index contributed by atoms with van der Waals surface area (Å²) < 4.78 is 5.75. The van der Waals surface area contributed by atoms with Crippen molar-refractivity contribution in [2.75, 3.05) is 6.61 Å². The molecule has 0 amide bonds. The van der Waals surface area contributed by atoms with Gasteiger partial charge < -0.3 is 25.2 Å². The Bertz CT molecular complexity index is 954. The van der Waals surface area contributed by atoms with E-state index in [9.17, 15) is 20.4 Å². The Labute approximate surface area is 176 Å². The summed E-state index contributed by atoms with van der Waals surface area (Å²) in [7, 11) is 0. The Balaban J connectivity index is 1.68. The molecule has 0 bridgehead atoms. The first-order valence-electron chi connectivity index (χ1n) is 10.3. The van der Waals surface area contributed by atoms with Crippen LogP contribution in [0.1, 0.15) is 41.2 Å². The Morgan fingerprint density at radius 3 is 2.17 bits per heavy atom. The molecule has 0 radical (unpaired) electrons. The van der Waals surface area contributed by atoms with Crippen LogP contribution in [-0.2, 0) is 4.74 Å². The smallest absolute Gasteiger partial charge is 0.113 e. The van der Waals surface area contributed by atoms with Gasteiger partial charge in [0.1, 0.15) is 30.5 Å². The molecule has 158 valence electrons. The van der Waals surface area contributed by atoms with Gasteiger partial charge in [-0.25, -0.2) is 0 Å². The lowest BCUT2D eigenvalue weighted by atomic mass is 9.86. The summed E-state index contributed by atoms with van der Waals surface area (Å²) in [6.07, 6.45) is -5.77. The summed E-state index contributed by atoms with van der Waals surface area (Å²) in [4.78, 5) is 0. The first-order chi connectivity index (χ1) is 14.4. The first-order valence-corrected chi connectivity index (χ1v) is 10.3. The summed E-state index contributed by atoms with van der Waals surface area (Å²) in [6, 6.07) is 20.5. The third kappa shape index (κ3) is 3.75. The van der Waals surface area contributed by atoms with E-state index in [1.54, 1.807) is 0 Å². The van der Waals surface area contributed by atoms with Crippen LogP contribution in [0.4, 0.5) is 0 Å². The molecule has 0 spiro atoms. The molecule has 0 saturated carbocycles. The van der Waals surface area contributed by atoms with Crippen molar-refractivity contribution in [3.05, 3.63) is 82.9 Å². The van der Waals surface area contributed by atoms with E-state index >= 15 is 0 Å². The Morgan fingerprint density at radius 1 is 0.867 bits per heavy atom. The van der Waals surface area contributed by atoms with Crippen molar-refractivity contribution in [3.63, 3.8) is 0 Å². The standard InChI is InChI=1S/C25H28O5/c1-14-8-9-18(25-24(29)23(28)22(27)21(13-26)30-25)12-20(14)15(2)19-10-16-6-4-3-5-7-17(16)11-19/h3-12,15,21-29H,13H2,1-2H3. The maximum absolute atomic E-state index is 10.5. The topological polar surface area (TPSA) is 90.2 Å². The Morgan fingerprint density at radius 2 is 1.53 bits per heavy atom. The summed E-state index contributed by atoms with van der Waals surface area (Å²) >= 11 is 0. The van der Waals surface area contributed by atoms with Gasteiger partial charge in [0.2, 0.25) is 0 Å². The number of aliphatic hydroxyl groups is 4. The highest BCUT2D eigenvalue weighted by Gasteiger charge is 2.44. The average molecular weight is 408 g/mol. The van der Waals surface area contributed by atoms with Gasteiger partial charge >= 0.3 is 0 Å². The molecule has 6 unspecified atom stereocenters. The molecular formula is C25H28O5. The number of aryl methyl sites for hydroxylation is 1. The fraction of sp³-hybridized carbons (Fsp3) is 0.360. The second-order valence-electron chi connectivity index (χ2n) is 8.20. The lowest BCUT2D eigenvalue weighted by molar-refractivity contribution is -0.231. The fourth-order valence-electron chi connectivity index (χ4n) is 4.35. The highest BCUT2D eigenvalue weighted by Crippen LogP contribution is 2.37. The predicted octanol–water partition coefficient (Wildman–Crippen LogP) is 2.77. The minimum atomic E-state index is -1.39. The van der Waals surface area contributed by atoms with Crippen LogP contribution >= 0.6 is 0 Å². The van der Waals surface area contributed by atoms with E-state index < -0.39 is 37.1 Å². The molecule has 30 heavy (non-hydrogen) atoms. The number of benzene rings is 1. The van der Waals surface area contributed by atoms with E-state index in [-0.39, 0.29) is 5.92 Å². The lowest BCUT2D eigenvalue weighted by Crippen LogP contribution is -2.55. The number of rotatable bonds is 4. The monoisotopic (exact) mass is 408 g/mol. The van der Waals surface area contributed by atoms with Crippen molar-refractivity contribution in [1.82, 2.24) is 0 Å². The molecule has 1 fully saturated rings.